The van der Waals surface area contributed by atoms with E-state index in [0.29, 0.717) is 6.54 Å². The van der Waals surface area contributed by atoms with Crippen LogP contribution in [0.2, 0.25) is 0 Å². The minimum Gasteiger partial charge on any atom is -0.480 e. The molecule has 1 aromatic carbocycles. The fraction of sp³-hybridized carbons (Fsp3) is 0.619. The summed E-state index contributed by atoms with van der Waals surface area (Å²) in [5, 5.41) is 12.2. The lowest BCUT2D eigenvalue weighted by molar-refractivity contribution is -0.140. The van der Waals surface area contributed by atoms with Crippen molar-refractivity contribution in [2.45, 2.75) is 69.4 Å². The second kappa shape index (κ2) is 8.38. The summed E-state index contributed by atoms with van der Waals surface area (Å²) in [7, 11) is 0. The summed E-state index contributed by atoms with van der Waals surface area (Å²) < 4.78 is 13.8. The molecule has 2 aliphatic carbocycles. The number of hydrogen-bond acceptors (Lipinski definition) is 3. The van der Waals surface area contributed by atoms with Gasteiger partial charge in [-0.2, -0.15) is 0 Å². The first kappa shape index (κ1) is 19.8. The molecule has 0 aromatic heterocycles. The lowest BCUT2D eigenvalue weighted by atomic mass is 9.68. The van der Waals surface area contributed by atoms with E-state index in [1.165, 1.54) is 12.1 Å². The summed E-state index contributed by atoms with van der Waals surface area (Å²) in [6, 6.07) is 6.73. The normalized spacial score (nSPS) is 24.3. The second-order valence-corrected chi connectivity index (χ2v) is 7.91. The SMILES string of the molecule is CCN(CC(=O)O)C1CC(NC(=O)C2(c3cccc(F)c3)CCCCC2)C1. The molecule has 5 nitrogen and oxygen atoms in total. The largest absolute Gasteiger partial charge is 0.480 e. The van der Waals surface area contributed by atoms with Gasteiger partial charge in [-0.1, -0.05) is 38.3 Å². The van der Waals surface area contributed by atoms with Crippen molar-refractivity contribution in [3.8, 4) is 0 Å². The molecule has 2 saturated carbocycles. The molecule has 0 heterocycles. The average molecular weight is 376 g/mol. The number of likely N-dealkylation sites (N-methyl/N-ethyl adjacent to an activating group) is 1. The Labute approximate surface area is 159 Å². The molecular formula is C21H29FN2O3. The quantitative estimate of drug-likeness (QED) is 0.767. The van der Waals surface area contributed by atoms with Crippen molar-refractivity contribution < 1.29 is 19.1 Å². The van der Waals surface area contributed by atoms with Crippen molar-refractivity contribution in [2.24, 2.45) is 0 Å². The smallest absolute Gasteiger partial charge is 0.317 e. The molecule has 0 aliphatic heterocycles. The van der Waals surface area contributed by atoms with Crippen molar-refractivity contribution in [3.05, 3.63) is 35.6 Å². The molecule has 148 valence electrons. The zero-order chi connectivity index (χ0) is 19.4. The lowest BCUT2D eigenvalue weighted by Gasteiger charge is -2.44. The van der Waals surface area contributed by atoms with Gasteiger partial charge in [0, 0.05) is 12.1 Å². The monoisotopic (exact) mass is 376 g/mol. The van der Waals surface area contributed by atoms with E-state index in [-0.39, 0.29) is 30.4 Å². The van der Waals surface area contributed by atoms with Gasteiger partial charge in [-0.05, 0) is 49.9 Å². The van der Waals surface area contributed by atoms with E-state index >= 15 is 0 Å². The van der Waals surface area contributed by atoms with E-state index < -0.39 is 11.4 Å². The zero-order valence-electron chi connectivity index (χ0n) is 15.9. The summed E-state index contributed by atoms with van der Waals surface area (Å²) in [6.07, 6.45) is 6.09. The van der Waals surface area contributed by atoms with Crippen LogP contribution in [0.15, 0.2) is 24.3 Å². The maximum absolute atomic E-state index is 13.8. The van der Waals surface area contributed by atoms with Crippen LogP contribution in [0.25, 0.3) is 0 Å². The van der Waals surface area contributed by atoms with Crippen LogP contribution in [0, 0.1) is 5.82 Å². The van der Waals surface area contributed by atoms with E-state index in [0.717, 1.165) is 50.5 Å². The Balaban J connectivity index is 1.66. The standard InChI is InChI=1S/C21H29FN2O3/c1-2-24(14-19(25)26)18-12-17(13-18)23-20(27)21(9-4-3-5-10-21)15-7-6-8-16(22)11-15/h6-8,11,17-18H,2-5,9-10,12-14H2,1H3,(H,23,27)(H,25,26). The van der Waals surface area contributed by atoms with Gasteiger partial charge in [0.2, 0.25) is 5.91 Å². The highest BCUT2D eigenvalue weighted by Gasteiger charge is 2.44. The third-order valence-corrected chi connectivity index (χ3v) is 6.23. The summed E-state index contributed by atoms with van der Waals surface area (Å²) in [4.78, 5) is 26.1. The molecule has 0 unspecified atom stereocenters. The van der Waals surface area contributed by atoms with Crippen molar-refractivity contribution in [1.82, 2.24) is 10.2 Å². The number of benzene rings is 1. The van der Waals surface area contributed by atoms with Gasteiger partial charge in [-0.3, -0.25) is 14.5 Å². The van der Waals surface area contributed by atoms with Crippen LogP contribution in [-0.2, 0) is 15.0 Å². The highest BCUT2D eigenvalue weighted by Crippen LogP contribution is 2.40. The number of amides is 1. The summed E-state index contributed by atoms with van der Waals surface area (Å²) in [5.41, 5.74) is 0.133. The summed E-state index contributed by atoms with van der Waals surface area (Å²) >= 11 is 0. The molecule has 27 heavy (non-hydrogen) atoms. The van der Waals surface area contributed by atoms with Crippen LogP contribution in [-0.4, -0.2) is 47.1 Å². The Morgan fingerprint density at radius 2 is 1.96 bits per heavy atom. The van der Waals surface area contributed by atoms with Gasteiger partial charge in [-0.15, -0.1) is 0 Å². The minimum atomic E-state index is -0.823. The number of carboxylic acids is 1. The molecule has 0 bridgehead atoms. The first-order valence-electron chi connectivity index (χ1n) is 9.97. The van der Waals surface area contributed by atoms with Crippen LogP contribution in [0.4, 0.5) is 4.39 Å². The number of aliphatic carboxylic acids is 1. The number of carbonyl (C=O) groups is 2. The van der Waals surface area contributed by atoms with Gasteiger partial charge in [-0.25, -0.2) is 4.39 Å². The van der Waals surface area contributed by atoms with Gasteiger partial charge in [0.1, 0.15) is 5.82 Å². The summed E-state index contributed by atoms with van der Waals surface area (Å²) in [5.74, 6) is -1.13. The van der Waals surface area contributed by atoms with E-state index in [1.807, 2.05) is 17.9 Å². The first-order valence-corrected chi connectivity index (χ1v) is 9.97. The summed E-state index contributed by atoms with van der Waals surface area (Å²) in [6.45, 7) is 2.68. The van der Waals surface area contributed by atoms with Gasteiger partial charge >= 0.3 is 5.97 Å². The Morgan fingerprint density at radius 1 is 1.26 bits per heavy atom. The molecule has 1 aromatic rings. The maximum atomic E-state index is 13.8. The van der Waals surface area contributed by atoms with Crippen molar-refractivity contribution in [1.29, 1.82) is 0 Å². The van der Waals surface area contributed by atoms with Gasteiger partial charge in [0.25, 0.3) is 0 Å². The molecule has 0 radical (unpaired) electrons. The Bertz CT molecular complexity index is 682. The molecule has 0 spiro atoms. The van der Waals surface area contributed by atoms with Crippen LogP contribution in [0.1, 0.15) is 57.4 Å². The second-order valence-electron chi connectivity index (χ2n) is 7.91. The highest BCUT2D eigenvalue weighted by molar-refractivity contribution is 5.88. The molecule has 2 N–H and O–H groups in total. The molecule has 6 heteroatoms. The number of hydrogen-bond donors (Lipinski definition) is 2. The first-order chi connectivity index (χ1) is 12.9. The van der Waals surface area contributed by atoms with Crippen LogP contribution < -0.4 is 5.32 Å². The predicted octanol–water partition coefficient (Wildman–Crippen LogP) is 3.08. The fourth-order valence-electron chi connectivity index (χ4n) is 4.59. The molecule has 0 atom stereocenters. The van der Waals surface area contributed by atoms with Gasteiger partial charge < -0.3 is 10.4 Å². The number of rotatable bonds is 7. The maximum Gasteiger partial charge on any atom is 0.317 e. The number of carboxylic acid groups (broad SMARTS) is 1. The molecule has 3 rings (SSSR count). The van der Waals surface area contributed by atoms with Crippen molar-refractivity contribution in [3.63, 3.8) is 0 Å². The number of carbonyl (C=O) groups excluding carboxylic acids is 1. The van der Waals surface area contributed by atoms with Crippen molar-refractivity contribution in [2.75, 3.05) is 13.1 Å². The fourth-order valence-corrected chi connectivity index (χ4v) is 4.59. The average Bonchev–Trinajstić information content (AvgIpc) is 2.63. The topological polar surface area (TPSA) is 69.6 Å². The molecular weight excluding hydrogens is 347 g/mol. The van der Waals surface area contributed by atoms with Crippen LogP contribution in [0.3, 0.4) is 0 Å². The third kappa shape index (κ3) is 4.32. The zero-order valence-corrected chi connectivity index (χ0v) is 15.9. The van der Waals surface area contributed by atoms with Gasteiger partial charge in [0.15, 0.2) is 0 Å². The predicted molar refractivity (Wildman–Crippen MR) is 101 cm³/mol. The Kier molecular flexibility index (Phi) is 6.15. The van der Waals surface area contributed by atoms with Gasteiger partial charge in [0.05, 0.1) is 12.0 Å². The Morgan fingerprint density at radius 3 is 2.56 bits per heavy atom. The third-order valence-electron chi connectivity index (χ3n) is 6.23. The van der Waals surface area contributed by atoms with E-state index in [9.17, 15) is 14.0 Å². The number of nitrogens with zero attached hydrogens (tertiary/aromatic N) is 1. The Hall–Kier alpha value is -1.95. The van der Waals surface area contributed by atoms with Crippen LogP contribution in [0.5, 0.6) is 0 Å². The van der Waals surface area contributed by atoms with E-state index in [2.05, 4.69) is 5.32 Å². The van der Waals surface area contributed by atoms with Crippen LogP contribution >= 0.6 is 0 Å². The number of nitrogens with one attached hydrogen (secondary N) is 1. The highest BCUT2D eigenvalue weighted by atomic mass is 19.1. The molecule has 2 aliphatic rings. The van der Waals surface area contributed by atoms with E-state index in [4.69, 9.17) is 5.11 Å². The minimum absolute atomic E-state index is 0.00228. The van der Waals surface area contributed by atoms with E-state index in [1.54, 1.807) is 6.07 Å². The number of halogens is 1. The molecule has 0 saturated heterocycles. The molecule has 1 amide bonds. The molecule has 2 fully saturated rings. The lowest BCUT2D eigenvalue weighted by Crippen LogP contribution is -2.58. The van der Waals surface area contributed by atoms with Crippen molar-refractivity contribution >= 4 is 11.9 Å².